The first kappa shape index (κ1) is 14.2. The lowest BCUT2D eigenvalue weighted by atomic mass is 9.95. The van der Waals surface area contributed by atoms with E-state index in [1.807, 2.05) is 11.8 Å². The van der Waals surface area contributed by atoms with Gasteiger partial charge >= 0.3 is 6.03 Å². The van der Waals surface area contributed by atoms with E-state index in [-0.39, 0.29) is 12.1 Å². The van der Waals surface area contributed by atoms with Crippen LogP contribution in [0.2, 0.25) is 0 Å². The fraction of sp³-hybridized carbons (Fsp3) is 0.692. The summed E-state index contributed by atoms with van der Waals surface area (Å²) in [5.74, 6) is 2.24. The van der Waals surface area contributed by atoms with Crippen molar-refractivity contribution in [1.29, 1.82) is 0 Å². The maximum atomic E-state index is 11.9. The molecule has 2 rings (SSSR count). The number of nitrogens with one attached hydrogen (secondary N) is 2. The summed E-state index contributed by atoms with van der Waals surface area (Å²) in [6.07, 6.45) is 4.70. The molecule has 19 heavy (non-hydrogen) atoms. The predicted molar refractivity (Wildman–Crippen MR) is 77.6 cm³/mol. The Balaban J connectivity index is 1.86. The minimum Gasteiger partial charge on any atom is -0.360 e. The highest BCUT2D eigenvalue weighted by atomic mass is 32.2. The van der Waals surface area contributed by atoms with Gasteiger partial charge in [-0.15, -0.1) is 0 Å². The molecule has 1 aromatic heterocycles. The van der Waals surface area contributed by atoms with Gasteiger partial charge in [0.15, 0.2) is 5.82 Å². The van der Waals surface area contributed by atoms with Crippen LogP contribution in [0, 0.1) is 6.92 Å². The molecule has 1 aromatic rings. The van der Waals surface area contributed by atoms with Gasteiger partial charge in [-0.1, -0.05) is 24.9 Å². The van der Waals surface area contributed by atoms with Crippen molar-refractivity contribution in [2.75, 3.05) is 11.1 Å². The van der Waals surface area contributed by atoms with Crippen LogP contribution in [0.4, 0.5) is 10.6 Å². The van der Waals surface area contributed by atoms with Crippen molar-refractivity contribution in [3.8, 4) is 0 Å². The Labute approximate surface area is 117 Å². The summed E-state index contributed by atoms with van der Waals surface area (Å²) in [6, 6.07) is 1.77. The van der Waals surface area contributed by atoms with E-state index in [4.69, 9.17) is 4.52 Å². The number of hydrogen-bond acceptors (Lipinski definition) is 4. The molecular weight excluding hydrogens is 262 g/mol. The maximum absolute atomic E-state index is 11.9. The fourth-order valence-electron chi connectivity index (χ4n) is 2.42. The number of amides is 2. The van der Waals surface area contributed by atoms with Crippen LogP contribution in [-0.4, -0.2) is 28.2 Å². The Kier molecular flexibility index (Phi) is 5.13. The Morgan fingerprint density at radius 1 is 1.53 bits per heavy atom. The monoisotopic (exact) mass is 283 g/mol. The summed E-state index contributed by atoms with van der Waals surface area (Å²) in [5.41, 5.74) is 0. The van der Waals surface area contributed by atoms with Crippen molar-refractivity contribution in [2.24, 2.45) is 0 Å². The van der Waals surface area contributed by atoms with E-state index in [9.17, 15) is 4.79 Å². The number of aromatic nitrogens is 1. The molecule has 0 aliphatic heterocycles. The van der Waals surface area contributed by atoms with Crippen LogP contribution in [0.15, 0.2) is 10.6 Å². The predicted octanol–water partition coefficient (Wildman–Crippen LogP) is 3.17. The van der Waals surface area contributed by atoms with Gasteiger partial charge in [-0.2, -0.15) is 11.8 Å². The molecule has 2 unspecified atom stereocenters. The topological polar surface area (TPSA) is 67.2 Å². The number of anilines is 1. The van der Waals surface area contributed by atoms with Gasteiger partial charge in [0.05, 0.1) is 0 Å². The number of rotatable bonds is 4. The van der Waals surface area contributed by atoms with Crippen LogP contribution in [-0.2, 0) is 0 Å². The van der Waals surface area contributed by atoms with Gasteiger partial charge < -0.3 is 9.84 Å². The molecule has 2 atom stereocenters. The number of hydrogen-bond donors (Lipinski definition) is 2. The second-order valence-electron chi connectivity index (χ2n) is 4.81. The lowest BCUT2D eigenvalue weighted by Crippen LogP contribution is -2.45. The molecule has 0 bridgehead atoms. The van der Waals surface area contributed by atoms with Crippen LogP contribution in [0.5, 0.6) is 0 Å². The minimum absolute atomic E-state index is 0.193. The highest BCUT2D eigenvalue weighted by Crippen LogP contribution is 2.28. The standard InChI is InChI=1S/C13H21N3O2S/c1-3-19-11-7-5-4-6-10(11)14-13(17)15-12-8-9(2)18-16-12/h8,10-11H,3-7H2,1-2H3,(H2,14,15,16,17). The Morgan fingerprint density at radius 2 is 2.32 bits per heavy atom. The first-order valence-corrected chi connectivity index (χ1v) is 7.86. The average molecular weight is 283 g/mol. The van der Waals surface area contributed by atoms with Crippen molar-refractivity contribution in [2.45, 2.75) is 50.8 Å². The average Bonchev–Trinajstić information content (AvgIpc) is 2.77. The molecule has 0 spiro atoms. The number of carbonyl (C=O) groups is 1. The lowest BCUT2D eigenvalue weighted by molar-refractivity contribution is 0.244. The Morgan fingerprint density at radius 3 is 3.00 bits per heavy atom. The number of aryl methyl sites for hydroxylation is 1. The molecule has 1 saturated carbocycles. The summed E-state index contributed by atoms with van der Waals surface area (Å²) < 4.78 is 4.92. The van der Waals surface area contributed by atoms with E-state index in [1.165, 1.54) is 19.3 Å². The normalized spacial score (nSPS) is 23.1. The van der Waals surface area contributed by atoms with E-state index in [0.29, 0.717) is 16.8 Å². The van der Waals surface area contributed by atoms with Crippen LogP contribution in [0.1, 0.15) is 38.4 Å². The Bertz CT molecular complexity index is 420. The zero-order valence-corrected chi connectivity index (χ0v) is 12.3. The van der Waals surface area contributed by atoms with Crippen molar-refractivity contribution in [3.05, 3.63) is 11.8 Å². The van der Waals surface area contributed by atoms with Crippen molar-refractivity contribution >= 4 is 23.6 Å². The zero-order chi connectivity index (χ0) is 13.7. The molecule has 1 aliphatic carbocycles. The first-order chi connectivity index (χ1) is 9.19. The molecule has 2 N–H and O–H groups in total. The third-order valence-corrected chi connectivity index (χ3v) is 4.60. The van der Waals surface area contributed by atoms with Gasteiger partial charge in [0.25, 0.3) is 0 Å². The number of thioether (sulfide) groups is 1. The number of urea groups is 1. The third kappa shape index (κ3) is 4.16. The van der Waals surface area contributed by atoms with Gasteiger partial charge in [-0.05, 0) is 25.5 Å². The highest BCUT2D eigenvalue weighted by Gasteiger charge is 2.26. The Hall–Kier alpha value is -1.17. The summed E-state index contributed by atoms with van der Waals surface area (Å²) in [5, 5.41) is 10.1. The van der Waals surface area contributed by atoms with E-state index < -0.39 is 0 Å². The number of nitrogens with zero attached hydrogens (tertiary/aromatic N) is 1. The van der Waals surface area contributed by atoms with Crippen molar-refractivity contribution < 1.29 is 9.32 Å². The fourth-order valence-corrected chi connectivity index (χ4v) is 3.62. The second-order valence-corrected chi connectivity index (χ2v) is 6.32. The van der Waals surface area contributed by atoms with Crippen LogP contribution in [0.25, 0.3) is 0 Å². The van der Waals surface area contributed by atoms with Gasteiger partial charge in [-0.25, -0.2) is 4.79 Å². The maximum Gasteiger partial charge on any atom is 0.320 e. The second kappa shape index (κ2) is 6.84. The minimum atomic E-state index is -0.193. The summed E-state index contributed by atoms with van der Waals surface area (Å²) in [7, 11) is 0. The molecule has 2 amide bonds. The van der Waals surface area contributed by atoms with Gasteiger partial charge in [0.2, 0.25) is 0 Å². The highest BCUT2D eigenvalue weighted by molar-refractivity contribution is 7.99. The van der Waals surface area contributed by atoms with Gasteiger partial charge in [0.1, 0.15) is 5.76 Å². The summed E-state index contributed by atoms with van der Waals surface area (Å²) >= 11 is 1.94. The lowest BCUT2D eigenvalue weighted by Gasteiger charge is -2.31. The summed E-state index contributed by atoms with van der Waals surface area (Å²) in [6.45, 7) is 3.96. The zero-order valence-electron chi connectivity index (χ0n) is 11.4. The SMILES string of the molecule is CCSC1CCCCC1NC(=O)Nc1cc(C)on1. The molecule has 1 heterocycles. The van der Waals surface area contributed by atoms with E-state index in [1.54, 1.807) is 13.0 Å². The molecule has 1 aliphatic rings. The molecule has 1 fully saturated rings. The molecule has 0 aromatic carbocycles. The molecule has 106 valence electrons. The van der Waals surface area contributed by atoms with Gasteiger partial charge in [-0.3, -0.25) is 5.32 Å². The number of carbonyl (C=O) groups excluding carboxylic acids is 1. The quantitative estimate of drug-likeness (QED) is 0.890. The largest absolute Gasteiger partial charge is 0.360 e. The van der Waals surface area contributed by atoms with Crippen LogP contribution < -0.4 is 10.6 Å². The molecular formula is C13H21N3O2S. The molecule has 0 radical (unpaired) electrons. The van der Waals surface area contributed by atoms with E-state index >= 15 is 0 Å². The molecule has 6 heteroatoms. The third-order valence-electron chi connectivity index (χ3n) is 3.27. The molecule has 5 nitrogen and oxygen atoms in total. The van der Waals surface area contributed by atoms with Gasteiger partial charge in [0, 0.05) is 17.4 Å². The van der Waals surface area contributed by atoms with E-state index in [2.05, 4.69) is 22.7 Å². The van der Waals surface area contributed by atoms with E-state index in [0.717, 1.165) is 12.2 Å². The summed E-state index contributed by atoms with van der Waals surface area (Å²) in [4.78, 5) is 11.9. The smallest absolute Gasteiger partial charge is 0.320 e. The van der Waals surface area contributed by atoms with Crippen LogP contribution >= 0.6 is 11.8 Å². The van der Waals surface area contributed by atoms with Crippen molar-refractivity contribution in [3.63, 3.8) is 0 Å². The molecule has 0 saturated heterocycles. The van der Waals surface area contributed by atoms with Crippen LogP contribution in [0.3, 0.4) is 0 Å². The first-order valence-electron chi connectivity index (χ1n) is 6.81. The van der Waals surface area contributed by atoms with Crippen molar-refractivity contribution in [1.82, 2.24) is 10.5 Å².